The van der Waals surface area contributed by atoms with Crippen LogP contribution >= 0.6 is 0 Å². The van der Waals surface area contributed by atoms with E-state index in [1.807, 2.05) is 7.05 Å². The van der Waals surface area contributed by atoms with E-state index in [-0.39, 0.29) is 5.54 Å². The molecule has 0 saturated carbocycles. The maximum Gasteiger partial charge on any atom is 0.197 e. The minimum absolute atomic E-state index is 0.0505. The summed E-state index contributed by atoms with van der Waals surface area (Å²) in [5, 5.41) is 3.27. The first kappa shape index (κ1) is 22.4. The molecule has 2 aliphatic rings. The van der Waals surface area contributed by atoms with E-state index in [9.17, 15) is 0 Å². The topological polar surface area (TPSA) is 63.4 Å². The van der Waals surface area contributed by atoms with Gasteiger partial charge in [-0.2, -0.15) is 0 Å². The molecule has 0 aromatic carbocycles. The van der Waals surface area contributed by atoms with Gasteiger partial charge in [-0.3, -0.25) is 9.80 Å². The molecule has 27 heavy (non-hydrogen) atoms. The fraction of sp³-hybridized carbons (Fsp3) is 0.950. The van der Waals surface area contributed by atoms with Gasteiger partial charge in [0.05, 0.1) is 5.54 Å². The summed E-state index contributed by atoms with van der Waals surface area (Å²) in [6.07, 6.45) is 1.20. The van der Waals surface area contributed by atoms with Crippen molar-refractivity contribution in [2.75, 3.05) is 79.2 Å². The molecule has 2 fully saturated rings. The second kappa shape index (κ2) is 10.6. The molecule has 7 nitrogen and oxygen atoms in total. The number of hydrogen-bond donors (Lipinski definition) is 2. The Hall–Kier alpha value is -0.890. The van der Waals surface area contributed by atoms with Gasteiger partial charge in [-0.1, -0.05) is 6.92 Å². The second-order valence-electron chi connectivity index (χ2n) is 9.16. The van der Waals surface area contributed by atoms with E-state index in [4.69, 9.17) is 10.7 Å². The summed E-state index contributed by atoms with van der Waals surface area (Å²) in [6, 6.07) is 0. The van der Waals surface area contributed by atoms with Crippen molar-refractivity contribution in [3.63, 3.8) is 0 Å². The van der Waals surface area contributed by atoms with Crippen molar-refractivity contribution in [1.82, 2.24) is 24.9 Å². The molecule has 1 unspecified atom stereocenters. The van der Waals surface area contributed by atoms with Gasteiger partial charge in [-0.15, -0.1) is 0 Å². The number of rotatable bonds is 6. The monoisotopic (exact) mass is 381 g/mol. The highest BCUT2D eigenvalue weighted by Crippen LogP contribution is 2.15. The van der Waals surface area contributed by atoms with Gasteiger partial charge in [0.1, 0.15) is 0 Å². The van der Waals surface area contributed by atoms with Crippen LogP contribution in [-0.4, -0.2) is 110 Å². The van der Waals surface area contributed by atoms with Crippen molar-refractivity contribution in [2.45, 2.75) is 39.7 Å². The SMILES string of the molecule is CNCN1CCN(C(=NC(C)(C)C)N2CCN(CCC(C)CN)CC2)CC1. The summed E-state index contributed by atoms with van der Waals surface area (Å²) in [5.74, 6) is 1.83. The first-order valence-corrected chi connectivity index (χ1v) is 10.7. The Bertz CT molecular complexity index is 444. The Morgan fingerprint density at radius 1 is 0.963 bits per heavy atom. The summed E-state index contributed by atoms with van der Waals surface area (Å²) in [6.45, 7) is 20.5. The largest absolute Gasteiger partial charge is 0.340 e. The van der Waals surface area contributed by atoms with Crippen LogP contribution in [0.15, 0.2) is 4.99 Å². The third-order valence-corrected chi connectivity index (χ3v) is 5.47. The molecular formula is C20H43N7. The molecule has 3 N–H and O–H groups in total. The Morgan fingerprint density at radius 2 is 1.48 bits per heavy atom. The molecule has 2 aliphatic heterocycles. The summed E-state index contributed by atoms with van der Waals surface area (Å²) < 4.78 is 0. The molecular weight excluding hydrogens is 338 g/mol. The molecule has 0 aromatic rings. The Kier molecular flexibility index (Phi) is 8.79. The van der Waals surface area contributed by atoms with Crippen LogP contribution in [0.1, 0.15) is 34.1 Å². The van der Waals surface area contributed by atoms with Crippen molar-refractivity contribution in [3.8, 4) is 0 Å². The number of guanidine groups is 1. The second-order valence-corrected chi connectivity index (χ2v) is 9.16. The predicted octanol–water partition coefficient (Wildman–Crippen LogP) is 0.538. The van der Waals surface area contributed by atoms with E-state index in [0.29, 0.717) is 5.92 Å². The smallest absolute Gasteiger partial charge is 0.197 e. The normalized spacial score (nSPS) is 22.4. The first-order chi connectivity index (χ1) is 12.8. The van der Waals surface area contributed by atoms with E-state index in [1.165, 1.54) is 18.9 Å². The molecule has 1 atom stereocenters. The number of aliphatic imine (C=N–C) groups is 1. The maximum absolute atomic E-state index is 5.76. The molecule has 0 amide bonds. The zero-order valence-corrected chi connectivity index (χ0v) is 18.4. The fourth-order valence-electron chi connectivity index (χ4n) is 3.66. The molecule has 2 heterocycles. The van der Waals surface area contributed by atoms with E-state index in [0.717, 1.165) is 65.6 Å². The molecule has 0 aliphatic carbocycles. The number of nitrogens with two attached hydrogens (primary N) is 1. The van der Waals surface area contributed by atoms with Crippen LogP contribution in [0.2, 0.25) is 0 Å². The minimum Gasteiger partial charge on any atom is -0.340 e. The minimum atomic E-state index is -0.0505. The molecule has 0 aromatic heterocycles. The number of nitrogens with one attached hydrogen (secondary N) is 1. The number of hydrogen-bond acceptors (Lipinski definition) is 5. The standard InChI is InChI=1S/C20H43N7/c1-18(16-21)6-7-24-8-12-26(13-9-24)19(23-20(2,3)4)27-14-10-25(11-15-27)17-22-5/h18,22H,6-17,21H2,1-5H3. The lowest BCUT2D eigenvalue weighted by molar-refractivity contribution is 0.136. The van der Waals surface area contributed by atoms with E-state index < -0.39 is 0 Å². The zero-order valence-electron chi connectivity index (χ0n) is 18.4. The van der Waals surface area contributed by atoms with E-state index in [1.54, 1.807) is 0 Å². The third kappa shape index (κ3) is 7.56. The van der Waals surface area contributed by atoms with Gasteiger partial charge in [0.2, 0.25) is 0 Å². The zero-order chi connectivity index (χ0) is 19.9. The van der Waals surface area contributed by atoms with Gasteiger partial charge >= 0.3 is 0 Å². The highest BCUT2D eigenvalue weighted by molar-refractivity contribution is 5.81. The van der Waals surface area contributed by atoms with E-state index >= 15 is 0 Å². The number of piperazine rings is 2. The van der Waals surface area contributed by atoms with E-state index in [2.05, 4.69) is 52.6 Å². The summed E-state index contributed by atoms with van der Waals surface area (Å²) >= 11 is 0. The summed E-state index contributed by atoms with van der Waals surface area (Å²) in [5.41, 5.74) is 5.71. The Labute approximate surface area is 166 Å². The molecule has 158 valence electrons. The van der Waals surface area contributed by atoms with Crippen molar-refractivity contribution < 1.29 is 0 Å². The first-order valence-electron chi connectivity index (χ1n) is 10.7. The van der Waals surface area contributed by atoms with Gasteiger partial charge < -0.3 is 20.9 Å². The van der Waals surface area contributed by atoms with Crippen LogP contribution in [0, 0.1) is 5.92 Å². The van der Waals surface area contributed by atoms with Gasteiger partial charge in [0.25, 0.3) is 0 Å². The molecule has 2 rings (SSSR count). The van der Waals surface area contributed by atoms with Crippen LogP contribution in [0.5, 0.6) is 0 Å². The third-order valence-electron chi connectivity index (χ3n) is 5.47. The highest BCUT2D eigenvalue weighted by atomic mass is 15.4. The summed E-state index contributed by atoms with van der Waals surface area (Å²) in [4.78, 5) is 15.2. The summed E-state index contributed by atoms with van der Waals surface area (Å²) in [7, 11) is 2.02. The van der Waals surface area contributed by atoms with Crippen LogP contribution in [0.3, 0.4) is 0 Å². The van der Waals surface area contributed by atoms with Crippen molar-refractivity contribution >= 4 is 5.96 Å². The maximum atomic E-state index is 5.76. The Balaban J connectivity index is 1.93. The van der Waals surface area contributed by atoms with Crippen LogP contribution in [0.4, 0.5) is 0 Å². The van der Waals surface area contributed by atoms with Crippen LogP contribution in [-0.2, 0) is 0 Å². The number of nitrogens with zero attached hydrogens (tertiary/aromatic N) is 5. The van der Waals surface area contributed by atoms with Crippen molar-refractivity contribution in [3.05, 3.63) is 0 Å². The van der Waals surface area contributed by atoms with Crippen molar-refractivity contribution in [2.24, 2.45) is 16.6 Å². The molecule has 0 spiro atoms. The molecule has 2 saturated heterocycles. The van der Waals surface area contributed by atoms with Crippen molar-refractivity contribution in [1.29, 1.82) is 0 Å². The van der Waals surface area contributed by atoms with Gasteiger partial charge in [-0.25, -0.2) is 4.99 Å². The lowest BCUT2D eigenvalue weighted by Gasteiger charge is -2.44. The Morgan fingerprint density at radius 3 is 1.93 bits per heavy atom. The van der Waals surface area contributed by atoms with Gasteiger partial charge in [0, 0.05) is 59.0 Å². The van der Waals surface area contributed by atoms with Crippen LogP contribution in [0.25, 0.3) is 0 Å². The lowest BCUT2D eigenvalue weighted by atomic mass is 10.1. The average molecular weight is 382 g/mol. The van der Waals surface area contributed by atoms with Crippen LogP contribution < -0.4 is 11.1 Å². The lowest BCUT2D eigenvalue weighted by Crippen LogP contribution is -2.58. The van der Waals surface area contributed by atoms with Gasteiger partial charge in [0.15, 0.2) is 5.96 Å². The van der Waals surface area contributed by atoms with Gasteiger partial charge in [-0.05, 0) is 53.2 Å². The quantitative estimate of drug-likeness (QED) is 0.517. The molecule has 0 bridgehead atoms. The average Bonchev–Trinajstić information content (AvgIpc) is 2.65. The fourth-order valence-corrected chi connectivity index (χ4v) is 3.66. The highest BCUT2D eigenvalue weighted by Gasteiger charge is 2.28. The molecule has 0 radical (unpaired) electrons. The predicted molar refractivity (Wildman–Crippen MR) is 115 cm³/mol. The molecule has 7 heteroatoms.